The number of carbonyl (C=O) groups is 1. The molecule has 3 nitrogen and oxygen atoms in total. The number of hydrogen-bond donors (Lipinski definition) is 0. The smallest absolute Gasteiger partial charge is 0.273 e. The van der Waals surface area contributed by atoms with E-state index in [9.17, 15) is 4.79 Å². The van der Waals surface area contributed by atoms with E-state index in [4.69, 9.17) is 4.74 Å². The molecule has 2 rings (SSSR count). The summed E-state index contributed by atoms with van der Waals surface area (Å²) in [7, 11) is 1.56. The van der Waals surface area contributed by atoms with Crippen molar-refractivity contribution in [1.82, 2.24) is 4.98 Å². The molecular weight excluding hydrogens is 174 g/mol. The van der Waals surface area contributed by atoms with Gasteiger partial charge in [-0.3, -0.25) is 4.79 Å². The highest BCUT2D eigenvalue weighted by atomic mass is 32.1. The van der Waals surface area contributed by atoms with Crippen LogP contribution in [0.25, 0.3) is 0 Å². The van der Waals surface area contributed by atoms with Gasteiger partial charge in [0, 0.05) is 5.92 Å². The molecule has 1 aromatic heterocycles. The first-order chi connectivity index (χ1) is 5.81. The summed E-state index contributed by atoms with van der Waals surface area (Å²) in [5.41, 5.74) is 0. The quantitative estimate of drug-likeness (QED) is 0.670. The number of ether oxygens (including phenoxy) is 1. The fourth-order valence-corrected chi connectivity index (χ4v) is 1.76. The predicted molar refractivity (Wildman–Crippen MR) is 45.7 cm³/mol. The lowest BCUT2D eigenvalue weighted by Crippen LogP contribution is -1.96. The zero-order valence-corrected chi connectivity index (χ0v) is 7.56. The highest BCUT2D eigenvalue weighted by molar-refractivity contribution is 7.15. The van der Waals surface area contributed by atoms with E-state index in [2.05, 4.69) is 4.98 Å². The van der Waals surface area contributed by atoms with Gasteiger partial charge >= 0.3 is 0 Å². The second kappa shape index (κ2) is 2.86. The van der Waals surface area contributed by atoms with Gasteiger partial charge in [0.25, 0.3) is 5.19 Å². The summed E-state index contributed by atoms with van der Waals surface area (Å²) in [6.07, 6.45) is 3.68. The van der Waals surface area contributed by atoms with Gasteiger partial charge in [-0.15, -0.1) is 0 Å². The van der Waals surface area contributed by atoms with Crippen molar-refractivity contribution in [1.29, 1.82) is 0 Å². The monoisotopic (exact) mass is 183 g/mol. The number of nitrogens with zero attached hydrogens (tertiary/aromatic N) is 1. The van der Waals surface area contributed by atoms with E-state index < -0.39 is 0 Å². The first kappa shape index (κ1) is 7.73. The number of ketones is 1. The second-order valence-electron chi connectivity index (χ2n) is 2.83. The third kappa shape index (κ3) is 1.34. The number of carbonyl (C=O) groups excluding carboxylic acids is 1. The van der Waals surface area contributed by atoms with Crippen LogP contribution in [0.5, 0.6) is 5.19 Å². The maximum absolute atomic E-state index is 11.5. The minimum absolute atomic E-state index is 0.232. The molecule has 0 amide bonds. The van der Waals surface area contributed by atoms with E-state index in [1.807, 2.05) is 0 Å². The first-order valence-corrected chi connectivity index (χ1v) is 4.67. The molecule has 0 bridgehead atoms. The lowest BCUT2D eigenvalue weighted by Gasteiger charge is -1.89. The Labute approximate surface area is 74.4 Å². The van der Waals surface area contributed by atoms with Gasteiger partial charge < -0.3 is 4.74 Å². The third-order valence-electron chi connectivity index (χ3n) is 1.85. The Balaban J connectivity index is 2.16. The molecule has 1 fully saturated rings. The minimum atomic E-state index is 0.232. The molecule has 1 saturated carbocycles. The Bertz CT molecular complexity index is 304. The SMILES string of the molecule is COc1ncc(C(=O)C2CC2)s1. The van der Waals surface area contributed by atoms with E-state index in [-0.39, 0.29) is 11.7 Å². The zero-order chi connectivity index (χ0) is 8.55. The molecule has 12 heavy (non-hydrogen) atoms. The molecule has 1 aliphatic rings. The van der Waals surface area contributed by atoms with Gasteiger partial charge in [0.05, 0.1) is 18.2 Å². The van der Waals surface area contributed by atoms with Crippen LogP contribution in [0.1, 0.15) is 22.5 Å². The van der Waals surface area contributed by atoms with E-state index in [0.29, 0.717) is 5.19 Å². The van der Waals surface area contributed by atoms with Gasteiger partial charge in [0.2, 0.25) is 0 Å². The lowest BCUT2D eigenvalue weighted by molar-refractivity contribution is 0.0971. The highest BCUT2D eigenvalue weighted by Gasteiger charge is 2.31. The fraction of sp³-hybridized carbons (Fsp3) is 0.500. The van der Waals surface area contributed by atoms with Crippen molar-refractivity contribution in [2.24, 2.45) is 5.92 Å². The summed E-state index contributed by atoms with van der Waals surface area (Å²) >= 11 is 1.33. The fourth-order valence-electron chi connectivity index (χ4n) is 1.01. The summed E-state index contributed by atoms with van der Waals surface area (Å²) in [6, 6.07) is 0. The molecule has 0 aromatic carbocycles. The van der Waals surface area contributed by atoms with Crippen molar-refractivity contribution in [3.05, 3.63) is 11.1 Å². The Morgan fingerprint density at radius 2 is 2.50 bits per heavy atom. The maximum Gasteiger partial charge on any atom is 0.273 e. The Hall–Kier alpha value is -0.900. The number of thiazole rings is 1. The summed E-state index contributed by atoms with van der Waals surface area (Å²) in [5, 5.41) is 0.569. The number of Topliss-reactive ketones (excluding diaryl/α,β-unsaturated/α-hetero) is 1. The Morgan fingerprint density at radius 3 is 3.00 bits per heavy atom. The molecule has 0 unspecified atom stereocenters. The Morgan fingerprint density at radius 1 is 1.75 bits per heavy atom. The van der Waals surface area contributed by atoms with Gasteiger partial charge in [-0.25, -0.2) is 4.98 Å². The maximum atomic E-state index is 11.5. The van der Waals surface area contributed by atoms with Crippen LogP contribution in [-0.4, -0.2) is 17.9 Å². The molecule has 64 valence electrons. The molecule has 0 saturated heterocycles. The molecule has 0 N–H and O–H groups in total. The van der Waals surface area contributed by atoms with Gasteiger partial charge in [0.15, 0.2) is 5.78 Å². The van der Waals surface area contributed by atoms with Crippen LogP contribution in [-0.2, 0) is 0 Å². The Kier molecular flexibility index (Phi) is 1.84. The predicted octanol–water partition coefficient (Wildman–Crippen LogP) is 1.74. The van der Waals surface area contributed by atoms with Gasteiger partial charge in [-0.2, -0.15) is 0 Å². The second-order valence-corrected chi connectivity index (χ2v) is 3.83. The van der Waals surface area contributed by atoms with Crippen LogP contribution in [0.15, 0.2) is 6.20 Å². The molecule has 1 heterocycles. The number of methoxy groups -OCH3 is 1. The zero-order valence-electron chi connectivity index (χ0n) is 6.74. The molecular formula is C8H9NO2S. The summed E-state index contributed by atoms with van der Waals surface area (Å²) < 4.78 is 4.90. The molecule has 0 radical (unpaired) electrons. The van der Waals surface area contributed by atoms with Crippen molar-refractivity contribution in [3.63, 3.8) is 0 Å². The van der Waals surface area contributed by atoms with E-state index >= 15 is 0 Å². The van der Waals surface area contributed by atoms with E-state index in [1.54, 1.807) is 13.3 Å². The van der Waals surface area contributed by atoms with Gasteiger partial charge in [-0.05, 0) is 12.8 Å². The van der Waals surface area contributed by atoms with Crippen LogP contribution in [0.2, 0.25) is 0 Å². The number of hydrogen-bond acceptors (Lipinski definition) is 4. The van der Waals surface area contributed by atoms with E-state index in [1.165, 1.54) is 11.3 Å². The number of rotatable bonds is 3. The topological polar surface area (TPSA) is 39.2 Å². The summed E-state index contributed by atoms with van der Waals surface area (Å²) in [6.45, 7) is 0. The van der Waals surface area contributed by atoms with Crippen LogP contribution >= 0.6 is 11.3 Å². The largest absolute Gasteiger partial charge is 0.473 e. The highest BCUT2D eigenvalue weighted by Crippen LogP contribution is 2.34. The van der Waals surface area contributed by atoms with Crippen LogP contribution in [0.3, 0.4) is 0 Å². The van der Waals surface area contributed by atoms with Gasteiger partial charge in [0.1, 0.15) is 0 Å². The van der Waals surface area contributed by atoms with Crippen LogP contribution in [0.4, 0.5) is 0 Å². The van der Waals surface area contributed by atoms with E-state index in [0.717, 1.165) is 17.7 Å². The molecule has 0 spiro atoms. The number of aromatic nitrogens is 1. The molecule has 0 atom stereocenters. The van der Waals surface area contributed by atoms with Crippen molar-refractivity contribution in [3.8, 4) is 5.19 Å². The average molecular weight is 183 g/mol. The normalized spacial score (nSPS) is 16.1. The molecule has 1 aromatic rings. The third-order valence-corrected chi connectivity index (χ3v) is 2.82. The first-order valence-electron chi connectivity index (χ1n) is 3.85. The van der Waals surface area contributed by atoms with Gasteiger partial charge in [-0.1, -0.05) is 11.3 Å². The average Bonchev–Trinajstić information content (AvgIpc) is 2.82. The minimum Gasteiger partial charge on any atom is -0.473 e. The van der Waals surface area contributed by atoms with Crippen LogP contribution < -0.4 is 4.74 Å². The summed E-state index contributed by atoms with van der Waals surface area (Å²) in [5.74, 6) is 0.506. The molecule has 0 aliphatic heterocycles. The van der Waals surface area contributed by atoms with Crippen molar-refractivity contribution in [2.75, 3.05) is 7.11 Å². The van der Waals surface area contributed by atoms with Crippen molar-refractivity contribution < 1.29 is 9.53 Å². The van der Waals surface area contributed by atoms with Crippen LogP contribution in [0, 0.1) is 5.92 Å². The van der Waals surface area contributed by atoms with Crippen molar-refractivity contribution >= 4 is 17.1 Å². The summed E-state index contributed by atoms with van der Waals surface area (Å²) in [4.78, 5) is 16.1. The van der Waals surface area contributed by atoms with Crippen molar-refractivity contribution in [2.45, 2.75) is 12.8 Å². The molecule has 4 heteroatoms. The standard InChI is InChI=1S/C8H9NO2S/c1-11-8-9-4-6(12-8)7(10)5-2-3-5/h4-5H,2-3H2,1H3. The molecule has 1 aliphatic carbocycles. The lowest BCUT2D eigenvalue weighted by atomic mass is 10.2.